The second-order valence-electron chi connectivity index (χ2n) is 9.63. The van der Waals surface area contributed by atoms with E-state index in [9.17, 15) is 22.8 Å². The van der Waals surface area contributed by atoms with E-state index in [0.717, 1.165) is 51.2 Å². The van der Waals surface area contributed by atoms with Crippen LogP contribution in [0.3, 0.4) is 0 Å². The lowest BCUT2D eigenvalue weighted by Crippen LogP contribution is -2.41. The van der Waals surface area contributed by atoms with Crippen LogP contribution in [0.4, 0.5) is 13.2 Å². The summed E-state index contributed by atoms with van der Waals surface area (Å²) in [4.78, 5) is 30.1. The summed E-state index contributed by atoms with van der Waals surface area (Å²) in [5.74, 6) is 0.706. The standard InChI is InChI=1S/C26H24ClF3N4O3S/c1-15-9-16(27)10-19(22(15)37-25(2)5-7-31-13-25)18-3-6-32-20-11-17(38-23(18)20)12-34-21(35)4-8-33(24(34)36)14-26(28,29)30/h3-4,6,8-11,31H,5,7,12-14H2,1-2H3. The van der Waals surface area contributed by atoms with Gasteiger partial charge in [-0.1, -0.05) is 11.6 Å². The maximum Gasteiger partial charge on any atom is 0.406 e. The summed E-state index contributed by atoms with van der Waals surface area (Å²) in [5, 5.41) is 3.87. The van der Waals surface area contributed by atoms with Crippen LogP contribution in [-0.2, 0) is 13.1 Å². The van der Waals surface area contributed by atoms with Gasteiger partial charge in [-0.25, -0.2) is 4.79 Å². The molecule has 1 N–H and O–H groups in total. The zero-order valence-corrected chi connectivity index (χ0v) is 22.1. The predicted molar refractivity (Wildman–Crippen MR) is 141 cm³/mol. The number of alkyl halides is 3. The predicted octanol–water partition coefficient (Wildman–Crippen LogP) is 4.99. The molecule has 0 aliphatic carbocycles. The SMILES string of the molecule is Cc1cc(Cl)cc(-c2ccnc3cc(Cn4c(=O)ccn(CC(F)(F)F)c4=O)sc23)c1OC1(C)CCNC1. The normalized spacial score (nSPS) is 17.8. The summed E-state index contributed by atoms with van der Waals surface area (Å²) >= 11 is 7.76. The number of hydrogen-bond donors (Lipinski definition) is 1. The largest absolute Gasteiger partial charge is 0.485 e. The van der Waals surface area contributed by atoms with Crippen molar-refractivity contribution in [1.29, 1.82) is 0 Å². The van der Waals surface area contributed by atoms with Crippen molar-refractivity contribution in [2.24, 2.45) is 0 Å². The lowest BCUT2D eigenvalue weighted by Gasteiger charge is -2.28. The van der Waals surface area contributed by atoms with Crippen LogP contribution in [0.1, 0.15) is 23.8 Å². The molecule has 1 aliphatic rings. The molecule has 12 heteroatoms. The summed E-state index contributed by atoms with van der Waals surface area (Å²) in [7, 11) is 0. The molecule has 1 atom stereocenters. The molecule has 4 heterocycles. The number of halogens is 4. The first kappa shape index (κ1) is 26.5. The lowest BCUT2D eigenvalue weighted by atomic mass is 10.0. The summed E-state index contributed by atoms with van der Waals surface area (Å²) in [6.45, 7) is 3.90. The number of benzene rings is 1. The Morgan fingerprint density at radius 1 is 1.21 bits per heavy atom. The van der Waals surface area contributed by atoms with Crippen LogP contribution >= 0.6 is 22.9 Å². The Labute approximate surface area is 224 Å². The Hall–Kier alpha value is -3.15. The van der Waals surface area contributed by atoms with Crippen molar-refractivity contribution in [3.8, 4) is 16.9 Å². The first-order chi connectivity index (χ1) is 17.9. The molecule has 0 bridgehead atoms. The average molecular weight is 565 g/mol. The molecular formula is C26H24ClF3N4O3S. The van der Waals surface area contributed by atoms with E-state index in [0.29, 0.717) is 32.3 Å². The van der Waals surface area contributed by atoms with Gasteiger partial charge in [0, 0.05) is 52.5 Å². The van der Waals surface area contributed by atoms with Crippen LogP contribution in [0, 0.1) is 6.92 Å². The monoisotopic (exact) mass is 564 g/mol. The Morgan fingerprint density at radius 3 is 2.71 bits per heavy atom. The third kappa shape index (κ3) is 5.36. The smallest absolute Gasteiger partial charge is 0.406 e. The molecule has 1 aromatic carbocycles. The van der Waals surface area contributed by atoms with Crippen molar-refractivity contribution < 1.29 is 17.9 Å². The van der Waals surface area contributed by atoms with Crippen LogP contribution < -0.4 is 21.3 Å². The van der Waals surface area contributed by atoms with Crippen LogP contribution in [0.25, 0.3) is 21.3 Å². The summed E-state index contributed by atoms with van der Waals surface area (Å²) < 4.78 is 47.3. The van der Waals surface area contributed by atoms with Gasteiger partial charge in [0.1, 0.15) is 17.9 Å². The Kier molecular flexibility index (Phi) is 6.87. The first-order valence-corrected chi connectivity index (χ1v) is 13.1. The maximum absolute atomic E-state index is 12.9. The average Bonchev–Trinajstić information content (AvgIpc) is 3.45. The van der Waals surface area contributed by atoms with Crippen molar-refractivity contribution in [2.75, 3.05) is 13.1 Å². The highest BCUT2D eigenvalue weighted by molar-refractivity contribution is 7.19. The zero-order chi connectivity index (χ0) is 27.2. The lowest BCUT2D eigenvalue weighted by molar-refractivity contribution is -0.141. The third-order valence-corrected chi connectivity index (χ3v) is 7.83. The Morgan fingerprint density at radius 2 is 2.00 bits per heavy atom. The number of nitrogens with zero attached hydrogens (tertiary/aromatic N) is 3. The maximum atomic E-state index is 12.9. The summed E-state index contributed by atoms with van der Waals surface area (Å²) in [6.07, 6.45) is -1.23. The van der Waals surface area contributed by atoms with E-state index in [1.54, 1.807) is 12.3 Å². The van der Waals surface area contributed by atoms with Gasteiger partial charge in [-0.15, -0.1) is 11.3 Å². The van der Waals surface area contributed by atoms with Crippen LogP contribution in [0.5, 0.6) is 5.75 Å². The van der Waals surface area contributed by atoms with Gasteiger partial charge in [-0.05, 0) is 50.2 Å². The number of thiophene rings is 1. The van der Waals surface area contributed by atoms with E-state index in [1.807, 2.05) is 25.1 Å². The van der Waals surface area contributed by atoms with Gasteiger partial charge < -0.3 is 10.1 Å². The number of ether oxygens (including phenoxy) is 1. The minimum Gasteiger partial charge on any atom is -0.485 e. The van der Waals surface area contributed by atoms with Gasteiger partial charge in [0.2, 0.25) is 0 Å². The molecule has 1 saturated heterocycles. The highest BCUT2D eigenvalue weighted by atomic mass is 35.5. The van der Waals surface area contributed by atoms with E-state index in [-0.39, 0.29) is 12.1 Å². The third-order valence-electron chi connectivity index (χ3n) is 6.47. The molecule has 1 aliphatic heterocycles. The van der Waals surface area contributed by atoms with Gasteiger partial charge >= 0.3 is 11.9 Å². The highest BCUT2D eigenvalue weighted by Gasteiger charge is 2.32. The highest BCUT2D eigenvalue weighted by Crippen LogP contribution is 2.43. The Balaban J connectivity index is 1.57. The molecular weight excluding hydrogens is 541 g/mol. The number of hydrogen-bond acceptors (Lipinski definition) is 6. The van der Waals surface area contributed by atoms with E-state index in [4.69, 9.17) is 16.3 Å². The number of aryl methyl sites for hydroxylation is 1. The van der Waals surface area contributed by atoms with E-state index < -0.39 is 24.0 Å². The van der Waals surface area contributed by atoms with E-state index >= 15 is 0 Å². The molecule has 1 fully saturated rings. The van der Waals surface area contributed by atoms with Gasteiger partial charge in [0.05, 0.1) is 16.8 Å². The molecule has 7 nitrogen and oxygen atoms in total. The molecule has 38 heavy (non-hydrogen) atoms. The van der Waals surface area contributed by atoms with Crippen molar-refractivity contribution >= 4 is 33.2 Å². The van der Waals surface area contributed by atoms with Crippen LogP contribution in [0.15, 0.2) is 52.3 Å². The molecule has 4 aromatic rings. The number of rotatable bonds is 6. The van der Waals surface area contributed by atoms with E-state index in [1.165, 1.54) is 11.3 Å². The van der Waals surface area contributed by atoms with Gasteiger partial charge in [0.25, 0.3) is 5.56 Å². The summed E-state index contributed by atoms with van der Waals surface area (Å²) in [6, 6.07) is 8.22. The molecule has 0 radical (unpaired) electrons. The van der Waals surface area contributed by atoms with Gasteiger partial charge in [0.15, 0.2) is 0 Å². The molecule has 0 spiro atoms. The molecule has 200 valence electrons. The second kappa shape index (κ2) is 9.87. The molecule has 0 saturated carbocycles. The quantitative estimate of drug-likeness (QED) is 0.357. The van der Waals surface area contributed by atoms with Gasteiger partial charge in [-0.2, -0.15) is 13.2 Å². The molecule has 1 unspecified atom stereocenters. The zero-order valence-electron chi connectivity index (χ0n) is 20.6. The molecule has 5 rings (SSSR count). The van der Waals surface area contributed by atoms with Crippen molar-refractivity contribution in [3.63, 3.8) is 0 Å². The molecule has 3 aromatic heterocycles. The van der Waals surface area contributed by atoms with Crippen LogP contribution in [-0.4, -0.2) is 39.0 Å². The number of aromatic nitrogens is 3. The number of nitrogens with one attached hydrogen (secondary N) is 1. The fourth-order valence-electron chi connectivity index (χ4n) is 4.64. The fourth-order valence-corrected chi connectivity index (χ4v) is 6.05. The fraction of sp³-hybridized carbons (Fsp3) is 0.346. The number of pyridine rings is 1. The second-order valence-corrected chi connectivity index (χ2v) is 11.2. The van der Waals surface area contributed by atoms with Crippen molar-refractivity contribution in [2.45, 2.75) is 45.1 Å². The van der Waals surface area contributed by atoms with Crippen molar-refractivity contribution in [3.05, 3.63) is 79.0 Å². The minimum atomic E-state index is -4.59. The first-order valence-electron chi connectivity index (χ1n) is 11.9. The number of fused-ring (bicyclic) bond motifs is 1. The Bertz CT molecular complexity index is 1640. The van der Waals surface area contributed by atoms with E-state index in [2.05, 4.69) is 17.2 Å². The van der Waals surface area contributed by atoms with Crippen LogP contribution in [0.2, 0.25) is 5.02 Å². The van der Waals surface area contributed by atoms with Gasteiger partial charge in [-0.3, -0.25) is 18.9 Å². The van der Waals surface area contributed by atoms with Crippen molar-refractivity contribution in [1.82, 2.24) is 19.4 Å². The minimum absolute atomic E-state index is 0.182. The topological polar surface area (TPSA) is 78.2 Å². The summed E-state index contributed by atoms with van der Waals surface area (Å²) in [5.41, 5.74) is 1.01. The molecule has 0 amide bonds.